The molecule has 0 bridgehead atoms. The van der Waals surface area contributed by atoms with Gasteiger partial charge in [0.25, 0.3) is 0 Å². The van der Waals surface area contributed by atoms with Crippen LogP contribution in [-0.4, -0.2) is 0 Å². The molecule has 0 heterocycles. The van der Waals surface area contributed by atoms with Crippen molar-refractivity contribution in [1.29, 1.82) is 0 Å². The van der Waals surface area contributed by atoms with Gasteiger partial charge in [-0.05, 0) is 70.1 Å². The van der Waals surface area contributed by atoms with E-state index in [0.29, 0.717) is 0 Å². The van der Waals surface area contributed by atoms with E-state index in [2.05, 4.69) is 75.8 Å². The molecule has 0 aromatic carbocycles. The molecule has 0 fully saturated rings. The molecule has 0 aromatic rings. The molecule has 23 heavy (non-hydrogen) atoms. The maximum absolute atomic E-state index is 3.36. The van der Waals surface area contributed by atoms with Crippen molar-refractivity contribution in [1.82, 2.24) is 0 Å². The van der Waals surface area contributed by atoms with E-state index >= 15 is 0 Å². The third-order valence-electron chi connectivity index (χ3n) is 7.13. The zero-order valence-corrected chi connectivity index (χ0v) is 17.7. The Balaban J connectivity index is 0.000000360. The van der Waals surface area contributed by atoms with Crippen LogP contribution in [0.1, 0.15) is 76.2 Å². The van der Waals surface area contributed by atoms with Gasteiger partial charge in [-0.3, -0.25) is 0 Å². The van der Waals surface area contributed by atoms with Crippen LogP contribution in [0.15, 0.2) is 34.9 Å². The molecule has 6 atom stereocenters. The fourth-order valence-corrected chi connectivity index (χ4v) is 3.88. The second-order valence-corrected chi connectivity index (χ2v) is 8.01. The van der Waals surface area contributed by atoms with Gasteiger partial charge in [0, 0.05) is 0 Å². The smallest absolute Gasteiger partial charge is 0.0200 e. The van der Waals surface area contributed by atoms with E-state index in [1.54, 1.807) is 28.4 Å². The summed E-state index contributed by atoms with van der Waals surface area (Å²) in [7, 11) is 0. The van der Waals surface area contributed by atoms with Gasteiger partial charge < -0.3 is 0 Å². The first kappa shape index (κ1) is 22.2. The van der Waals surface area contributed by atoms with Gasteiger partial charge in [-0.1, -0.05) is 69.9 Å². The van der Waals surface area contributed by atoms with Crippen LogP contribution >= 0.6 is 0 Å². The fraction of sp³-hybridized carbons (Fsp3) is 0.739. The van der Waals surface area contributed by atoms with Gasteiger partial charge >= 0.3 is 0 Å². The van der Waals surface area contributed by atoms with Gasteiger partial charge in [-0.15, -0.1) is 6.58 Å². The number of hydrogen-bond acceptors (Lipinski definition) is 0. The third-order valence-corrected chi connectivity index (χ3v) is 7.13. The first-order valence-corrected chi connectivity index (χ1v) is 9.44. The zero-order valence-electron chi connectivity index (χ0n) is 17.7. The Bertz CT molecular complexity index is 373. The van der Waals surface area contributed by atoms with Gasteiger partial charge in [0.1, 0.15) is 0 Å². The average Bonchev–Trinajstić information content (AvgIpc) is 2.80. The molecule has 2 aliphatic carbocycles. The number of rotatable bonds is 0. The zero-order chi connectivity index (χ0) is 18.5. The highest BCUT2D eigenvalue weighted by molar-refractivity contribution is 5.23. The van der Waals surface area contributed by atoms with E-state index in [4.69, 9.17) is 0 Å². The van der Waals surface area contributed by atoms with Crippen molar-refractivity contribution in [3.8, 4) is 0 Å². The lowest BCUT2D eigenvalue weighted by molar-refractivity contribution is 0.390. The topological polar surface area (TPSA) is 0 Å². The van der Waals surface area contributed by atoms with E-state index in [-0.39, 0.29) is 0 Å². The summed E-state index contributed by atoms with van der Waals surface area (Å²) >= 11 is 0. The molecule has 0 heteroatoms. The van der Waals surface area contributed by atoms with Crippen LogP contribution in [0.3, 0.4) is 0 Å². The summed E-state index contributed by atoms with van der Waals surface area (Å²) in [5.41, 5.74) is 6.50. The van der Waals surface area contributed by atoms with Crippen molar-refractivity contribution >= 4 is 0 Å². The molecule has 134 valence electrons. The molecule has 0 spiro atoms. The van der Waals surface area contributed by atoms with Crippen molar-refractivity contribution < 1.29 is 0 Å². The second-order valence-electron chi connectivity index (χ2n) is 8.01. The maximum atomic E-state index is 3.36. The number of allylic oxidation sites excluding steroid dienone is 5. The molecule has 0 radical (unpaired) electrons. The summed E-state index contributed by atoms with van der Waals surface area (Å²) in [5, 5.41) is 0. The summed E-state index contributed by atoms with van der Waals surface area (Å²) in [6.45, 7) is 28.4. The highest BCUT2D eigenvalue weighted by Crippen LogP contribution is 2.41. The van der Waals surface area contributed by atoms with E-state index in [9.17, 15) is 0 Å². The summed E-state index contributed by atoms with van der Waals surface area (Å²) in [5.74, 6) is 4.98. The molecule has 0 N–H and O–H groups in total. The molecular weight excluding hydrogens is 276 g/mol. The summed E-state index contributed by atoms with van der Waals surface area (Å²) in [6.07, 6.45) is 1.75. The lowest BCUT2D eigenvalue weighted by Crippen LogP contribution is -2.08. The Morgan fingerprint density at radius 1 is 0.565 bits per heavy atom. The second kappa shape index (κ2) is 9.50. The lowest BCUT2D eigenvalue weighted by Gasteiger charge is -2.15. The molecule has 0 aliphatic heterocycles. The highest BCUT2D eigenvalue weighted by Gasteiger charge is 2.30. The van der Waals surface area contributed by atoms with E-state index in [0.717, 1.165) is 35.5 Å². The van der Waals surface area contributed by atoms with Crippen LogP contribution in [-0.2, 0) is 0 Å². The van der Waals surface area contributed by atoms with E-state index in [1.165, 1.54) is 0 Å². The normalized spacial score (nSPS) is 36.3. The molecule has 2 rings (SSSR count). The molecular formula is C23H42. The SMILES string of the molecule is C=CC.CC1=C(C)[C@@H](C)C(C)C1C.CC1=C(C)[C@H](C)C(C)[C@@H]1C. The molecule has 0 aromatic heterocycles. The standard InChI is InChI=1S/2C10H18.C3H6/c2*1-6-7(2)9(4)10(5)8(6)3;1-3-2/h2*6-8H,1-5H3;3H,1H2,2H3/t6?,7-,8?;6?,7-,8+;/m0../s1. The maximum Gasteiger partial charge on any atom is -0.0200 e. The van der Waals surface area contributed by atoms with Crippen molar-refractivity contribution in [3.63, 3.8) is 0 Å². The summed E-state index contributed by atoms with van der Waals surface area (Å²) in [4.78, 5) is 0. The van der Waals surface area contributed by atoms with Crippen LogP contribution in [0.4, 0.5) is 0 Å². The average molecular weight is 319 g/mol. The van der Waals surface area contributed by atoms with Crippen LogP contribution in [0.5, 0.6) is 0 Å². The minimum Gasteiger partial charge on any atom is -0.103 e. The van der Waals surface area contributed by atoms with Crippen molar-refractivity contribution in [3.05, 3.63) is 34.9 Å². The van der Waals surface area contributed by atoms with Crippen LogP contribution in [0.2, 0.25) is 0 Å². The number of hydrogen-bond donors (Lipinski definition) is 0. The first-order chi connectivity index (χ1) is 10.5. The summed E-state index contributed by atoms with van der Waals surface area (Å²) in [6, 6.07) is 0. The Hall–Kier alpha value is -0.780. The molecule has 2 aliphatic rings. The van der Waals surface area contributed by atoms with E-state index < -0.39 is 0 Å². The van der Waals surface area contributed by atoms with Crippen LogP contribution in [0, 0.1) is 35.5 Å². The lowest BCUT2D eigenvalue weighted by atomic mass is 9.90. The van der Waals surface area contributed by atoms with Gasteiger partial charge in [-0.2, -0.15) is 0 Å². The van der Waals surface area contributed by atoms with Gasteiger partial charge in [-0.25, -0.2) is 0 Å². The molecule has 0 saturated heterocycles. The Labute approximate surface area is 147 Å². The quantitative estimate of drug-likeness (QED) is 0.402. The Kier molecular flexibility index (Phi) is 9.18. The Morgan fingerprint density at radius 3 is 0.739 bits per heavy atom. The van der Waals surface area contributed by atoms with Gasteiger partial charge in [0.2, 0.25) is 0 Å². The first-order valence-electron chi connectivity index (χ1n) is 9.44. The molecule has 0 nitrogen and oxygen atoms in total. The molecule has 0 amide bonds. The van der Waals surface area contributed by atoms with Crippen LogP contribution in [0.25, 0.3) is 0 Å². The largest absolute Gasteiger partial charge is 0.103 e. The predicted octanol–water partition coefficient (Wildman–Crippen LogP) is 7.68. The highest BCUT2D eigenvalue weighted by atomic mass is 14.4. The van der Waals surface area contributed by atoms with Crippen molar-refractivity contribution in [2.45, 2.75) is 76.2 Å². The summed E-state index contributed by atoms with van der Waals surface area (Å²) < 4.78 is 0. The molecule has 3 unspecified atom stereocenters. The van der Waals surface area contributed by atoms with Gasteiger partial charge in [0.05, 0.1) is 0 Å². The van der Waals surface area contributed by atoms with Gasteiger partial charge in [0.15, 0.2) is 0 Å². The predicted molar refractivity (Wildman–Crippen MR) is 108 cm³/mol. The Morgan fingerprint density at radius 2 is 0.696 bits per heavy atom. The minimum absolute atomic E-state index is 0.815. The third kappa shape index (κ3) is 5.10. The monoisotopic (exact) mass is 318 g/mol. The molecule has 0 saturated carbocycles. The fourth-order valence-electron chi connectivity index (χ4n) is 3.88. The van der Waals surface area contributed by atoms with Crippen LogP contribution < -0.4 is 0 Å². The van der Waals surface area contributed by atoms with Crippen molar-refractivity contribution in [2.75, 3.05) is 0 Å². The minimum atomic E-state index is 0.815. The van der Waals surface area contributed by atoms with E-state index in [1.807, 2.05) is 6.92 Å². The van der Waals surface area contributed by atoms with Crippen molar-refractivity contribution in [2.24, 2.45) is 35.5 Å².